The van der Waals surface area contributed by atoms with Crippen LogP contribution in [0, 0.1) is 6.92 Å². The van der Waals surface area contributed by atoms with Crippen LogP contribution in [-0.2, 0) is 16.1 Å². The quantitative estimate of drug-likeness (QED) is 0.844. The number of carbonyl (C=O) groups excluding carboxylic acids is 1. The van der Waals surface area contributed by atoms with Crippen molar-refractivity contribution >= 4 is 5.91 Å². The molecule has 0 bridgehead atoms. The standard InChI is InChI=1S/C14H23N3O4/c1-11-15-12(8-21-11)7-17-4-5-20-10-14(19,9-17)6-13(18)16(2)3/h8,19H,4-7,9-10H2,1-3H3. The molecular formula is C14H23N3O4. The first-order valence-corrected chi connectivity index (χ1v) is 7.02. The highest BCUT2D eigenvalue weighted by Gasteiger charge is 2.35. The third-order valence-electron chi connectivity index (χ3n) is 3.47. The van der Waals surface area contributed by atoms with Crippen LogP contribution >= 0.6 is 0 Å². The molecule has 2 rings (SSSR count). The number of ether oxygens (including phenoxy) is 1. The van der Waals surface area contributed by atoms with Crippen molar-refractivity contribution in [1.82, 2.24) is 14.8 Å². The molecule has 1 atom stereocenters. The minimum absolute atomic E-state index is 0.0499. The Morgan fingerprint density at radius 3 is 2.95 bits per heavy atom. The van der Waals surface area contributed by atoms with Crippen LogP contribution in [0.3, 0.4) is 0 Å². The highest BCUT2D eigenvalue weighted by atomic mass is 16.5. The lowest BCUT2D eigenvalue weighted by Gasteiger charge is -2.30. The predicted octanol–water partition coefficient (Wildman–Crippen LogP) is 0.0246. The Labute approximate surface area is 124 Å². The molecular weight excluding hydrogens is 274 g/mol. The molecule has 7 heteroatoms. The van der Waals surface area contributed by atoms with Crippen LogP contribution in [0.5, 0.6) is 0 Å². The van der Waals surface area contributed by atoms with E-state index in [4.69, 9.17) is 9.15 Å². The van der Waals surface area contributed by atoms with Gasteiger partial charge in [-0.3, -0.25) is 9.69 Å². The van der Waals surface area contributed by atoms with Crippen molar-refractivity contribution in [3.8, 4) is 0 Å². The average molecular weight is 297 g/mol. The SMILES string of the molecule is Cc1nc(CN2CCOCC(O)(CC(=O)N(C)C)C2)co1. The number of hydrogen-bond donors (Lipinski definition) is 1. The van der Waals surface area contributed by atoms with E-state index < -0.39 is 5.60 Å². The molecule has 0 aromatic carbocycles. The third-order valence-corrected chi connectivity index (χ3v) is 3.47. The van der Waals surface area contributed by atoms with E-state index in [1.54, 1.807) is 27.3 Å². The van der Waals surface area contributed by atoms with Gasteiger partial charge in [-0.1, -0.05) is 0 Å². The number of aliphatic hydroxyl groups is 1. The zero-order valence-electron chi connectivity index (χ0n) is 12.8. The van der Waals surface area contributed by atoms with Crippen LogP contribution in [-0.4, -0.2) is 71.8 Å². The lowest BCUT2D eigenvalue weighted by Crippen LogP contribution is -2.47. The Morgan fingerprint density at radius 2 is 2.33 bits per heavy atom. The smallest absolute Gasteiger partial charge is 0.225 e. The number of rotatable bonds is 4. The molecule has 21 heavy (non-hydrogen) atoms. The van der Waals surface area contributed by atoms with E-state index in [0.717, 1.165) is 5.69 Å². The van der Waals surface area contributed by atoms with Crippen LogP contribution < -0.4 is 0 Å². The molecule has 2 heterocycles. The fourth-order valence-electron chi connectivity index (χ4n) is 2.39. The Kier molecular flexibility index (Phi) is 4.97. The zero-order chi connectivity index (χ0) is 15.5. The van der Waals surface area contributed by atoms with Crippen molar-refractivity contribution < 1.29 is 19.1 Å². The maximum absolute atomic E-state index is 11.9. The highest BCUT2D eigenvalue weighted by Crippen LogP contribution is 2.19. The van der Waals surface area contributed by atoms with E-state index in [0.29, 0.717) is 32.1 Å². The summed E-state index contributed by atoms with van der Waals surface area (Å²) in [5.41, 5.74) is -0.355. The number of β-amino-alcohol motifs (C(OH)–C–C–N with tert-alkyl or cyclic N) is 1. The molecule has 1 amide bonds. The second kappa shape index (κ2) is 6.55. The van der Waals surface area contributed by atoms with Gasteiger partial charge in [0.25, 0.3) is 0 Å². The summed E-state index contributed by atoms with van der Waals surface area (Å²) in [6, 6.07) is 0. The second-order valence-electron chi connectivity index (χ2n) is 5.81. The van der Waals surface area contributed by atoms with Crippen molar-refractivity contribution in [3.63, 3.8) is 0 Å². The van der Waals surface area contributed by atoms with Crippen molar-refractivity contribution in [2.45, 2.75) is 25.5 Å². The van der Waals surface area contributed by atoms with Gasteiger partial charge in [0.05, 0.1) is 25.3 Å². The molecule has 7 nitrogen and oxygen atoms in total. The van der Waals surface area contributed by atoms with Gasteiger partial charge in [-0.15, -0.1) is 0 Å². The zero-order valence-corrected chi connectivity index (χ0v) is 12.8. The van der Waals surface area contributed by atoms with Crippen molar-refractivity contribution in [2.24, 2.45) is 0 Å². The normalized spacial score (nSPS) is 23.8. The van der Waals surface area contributed by atoms with Crippen LogP contribution in [0.25, 0.3) is 0 Å². The van der Waals surface area contributed by atoms with E-state index in [-0.39, 0.29) is 18.9 Å². The predicted molar refractivity (Wildman–Crippen MR) is 75.6 cm³/mol. The first-order valence-electron chi connectivity index (χ1n) is 7.02. The summed E-state index contributed by atoms with van der Waals surface area (Å²) in [5.74, 6) is 0.509. The van der Waals surface area contributed by atoms with Gasteiger partial charge < -0.3 is 19.2 Å². The molecule has 0 saturated carbocycles. The average Bonchev–Trinajstić information content (AvgIpc) is 2.70. The van der Waals surface area contributed by atoms with E-state index in [1.165, 1.54) is 4.90 Å². The van der Waals surface area contributed by atoms with E-state index in [1.807, 2.05) is 4.90 Å². The van der Waals surface area contributed by atoms with Crippen LogP contribution in [0.4, 0.5) is 0 Å². The van der Waals surface area contributed by atoms with Crippen molar-refractivity contribution in [2.75, 3.05) is 40.4 Å². The minimum Gasteiger partial charge on any atom is -0.449 e. The Hall–Kier alpha value is -1.44. The van der Waals surface area contributed by atoms with E-state index in [9.17, 15) is 9.90 Å². The maximum Gasteiger partial charge on any atom is 0.225 e. The largest absolute Gasteiger partial charge is 0.449 e. The number of hydrogen-bond acceptors (Lipinski definition) is 6. The summed E-state index contributed by atoms with van der Waals surface area (Å²) in [7, 11) is 3.36. The molecule has 1 aromatic heterocycles. The molecule has 1 unspecified atom stereocenters. The first kappa shape index (κ1) is 15.9. The summed E-state index contributed by atoms with van der Waals surface area (Å²) >= 11 is 0. The molecule has 1 aromatic rings. The van der Waals surface area contributed by atoms with Gasteiger partial charge in [0.1, 0.15) is 11.9 Å². The molecule has 0 aliphatic carbocycles. The number of carbonyl (C=O) groups is 1. The molecule has 1 saturated heterocycles. The lowest BCUT2D eigenvalue weighted by molar-refractivity contribution is -0.136. The summed E-state index contributed by atoms with van der Waals surface area (Å²) < 4.78 is 10.7. The summed E-state index contributed by atoms with van der Waals surface area (Å²) in [6.45, 7) is 4.11. The lowest BCUT2D eigenvalue weighted by atomic mass is 9.99. The molecule has 118 valence electrons. The summed E-state index contributed by atoms with van der Waals surface area (Å²) in [6.07, 6.45) is 1.67. The number of oxazole rings is 1. The van der Waals surface area contributed by atoms with Crippen LogP contribution in [0.2, 0.25) is 0 Å². The molecule has 1 N–H and O–H groups in total. The van der Waals surface area contributed by atoms with Gasteiger partial charge in [0, 0.05) is 40.7 Å². The Bertz CT molecular complexity index is 488. The summed E-state index contributed by atoms with van der Waals surface area (Å²) in [5, 5.41) is 10.7. The summed E-state index contributed by atoms with van der Waals surface area (Å²) in [4.78, 5) is 19.6. The van der Waals surface area contributed by atoms with Gasteiger partial charge in [0.2, 0.25) is 5.91 Å². The Morgan fingerprint density at radius 1 is 1.57 bits per heavy atom. The fraction of sp³-hybridized carbons (Fsp3) is 0.714. The topological polar surface area (TPSA) is 79.0 Å². The first-order chi connectivity index (χ1) is 9.88. The number of amides is 1. The number of aryl methyl sites for hydroxylation is 1. The third kappa shape index (κ3) is 4.52. The molecule has 1 aliphatic heterocycles. The van der Waals surface area contributed by atoms with Crippen molar-refractivity contribution in [1.29, 1.82) is 0 Å². The molecule has 0 spiro atoms. The molecule has 1 fully saturated rings. The number of nitrogens with zero attached hydrogens (tertiary/aromatic N) is 3. The number of aromatic nitrogens is 1. The second-order valence-corrected chi connectivity index (χ2v) is 5.81. The molecule has 1 aliphatic rings. The van der Waals surface area contributed by atoms with E-state index in [2.05, 4.69) is 4.98 Å². The van der Waals surface area contributed by atoms with Crippen molar-refractivity contribution in [3.05, 3.63) is 17.8 Å². The van der Waals surface area contributed by atoms with Gasteiger partial charge in [-0.05, 0) is 0 Å². The van der Waals surface area contributed by atoms with Gasteiger partial charge in [0.15, 0.2) is 5.89 Å². The fourth-order valence-corrected chi connectivity index (χ4v) is 2.39. The highest BCUT2D eigenvalue weighted by molar-refractivity contribution is 5.76. The Balaban J connectivity index is 2.01. The van der Waals surface area contributed by atoms with Gasteiger partial charge >= 0.3 is 0 Å². The van der Waals surface area contributed by atoms with Gasteiger partial charge in [-0.25, -0.2) is 4.98 Å². The maximum atomic E-state index is 11.9. The van der Waals surface area contributed by atoms with Gasteiger partial charge in [-0.2, -0.15) is 0 Å². The monoisotopic (exact) mass is 297 g/mol. The van der Waals surface area contributed by atoms with Crippen LogP contribution in [0.1, 0.15) is 18.0 Å². The minimum atomic E-state index is -1.17. The van der Waals surface area contributed by atoms with Crippen LogP contribution in [0.15, 0.2) is 10.7 Å². The molecule has 0 radical (unpaired) electrons. The van der Waals surface area contributed by atoms with E-state index >= 15 is 0 Å².